The fraction of sp³-hybridized carbons (Fsp3) is 0.545. The van der Waals surface area contributed by atoms with Gasteiger partial charge in [0.15, 0.2) is 0 Å². The Labute approximate surface area is 168 Å². The molecule has 0 amide bonds. The first-order valence-electron chi connectivity index (χ1n) is 10.4. The number of benzene rings is 1. The molecule has 0 unspecified atom stereocenters. The van der Waals surface area contributed by atoms with Gasteiger partial charge < -0.3 is 14.7 Å². The Bertz CT molecular complexity index is 780. The summed E-state index contributed by atoms with van der Waals surface area (Å²) in [7, 11) is 4.16. The van der Waals surface area contributed by atoms with Crippen molar-refractivity contribution in [3.05, 3.63) is 47.3 Å². The molecule has 2 aromatic rings. The Morgan fingerprint density at radius 2 is 1.71 bits per heavy atom. The van der Waals surface area contributed by atoms with Gasteiger partial charge in [-0.2, -0.15) is 0 Å². The maximum atomic E-state index is 4.92. The minimum absolute atomic E-state index is 0.919. The molecule has 0 atom stereocenters. The number of aromatic nitrogens is 2. The summed E-state index contributed by atoms with van der Waals surface area (Å²) in [4.78, 5) is 19.1. The van der Waals surface area contributed by atoms with E-state index in [2.05, 4.69) is 71.1 Å². The van der Waals surface area contributed by atoms with Gasteiger partial charge in [0.1, 0.15) is 0 Å². The lowest BCUT2D eigenvalue weighted by Gasteiger charge is -2.35. The number of fused-ring (bicyclic) bond motifs is 1. The molecule has 2 aliphatic rings. The van der Waals surface area contributed by atoms with Crippen LogP contribution in [0.25, 0.3) is 0 Å². The minimum atomic E-state index is 0.919. The van der Waals surface area contributed by atoms with E-state index in [1.54, 1.807) is 0 Å². The molecule has 1 aromatic heterocycles. The van der Waals surface area contributed by atoms with E-state index in [0.29, 0.717) is 0 Å². The highest BCUT2D eigenvalue weighted by molar-refractivity contribution is 5.46. The lowest BCUT2D eigenvalue weighted by Crippen LogP contribution is -2.47. The number of anilines is 2. The summed E-state index contributed by atoms with van der Waals surface area (Å²) in [5.74, 6) is 0.919. The number of piperazine rings is 1. The van der Waals surface area contributed by atoms with Crippen LogP contribution in [0.3, 0.4) is 0 Å². The monoisotopic (exact) mass is 380 g/mol. The van der Waals surface area contributed by atoms with E-state index in [9.17, 15) is 0 Å². The second kappa shape index (κ2) is 8.45. The van der Waals surface area contributed by atoms with Crippen LogP contribution in [0.5, 0.6) is 0 Å². The highest BCUT2D eigenvalue weighted by Gasteiger charge is 2.22. The summed E-state index contributed by atoms with van der Waals surface area (Å²) in [5.41, 5.74) is 5.13. The van der Waals surface area contributed by atoms with Crippen molar-refractivity contribution in [2.24, 2.45) is 0 Å². The third-order valence-electron chi connectivity index (χ3n) is 5.96. The maximum Gasteiger partial charge on any atom is 0.225 e. The van der Waals surface area contributed by atoms with Crippen molar-refractivity contribution in [2.75, 3.05) is 63.2 Å². The number of rotatable bonds is 5. The van der Waals surface area contributed by atoms with Crippen molar-refractivity contribution >= 4 is 11.6 Å². The van der Waals surface area contributed by atoms with E-state index in [1.165, 1.54) is 22.5 Å². The predicted octanol–water partition coefficient (Wildman–Crippen LogP) is 2.24. The summed E-state index contributed by atoms with van der Waals surface area (Å²) in [6.45, 7) is 10.6. The van der Waals surface area contributed by atoms with Gasteiger partial charge in [0.25, 0.3) is 0 Å². The van der Waals surface area contributed by atoms with Gasteiger partial charge in [0.2, 0.25) is 5.95 Å². The predicted molar refractivity (Wildman–Crippen MR) is 115 cm³/mol. The number of hydrogen-bond donors (Lipinski definition) is 0. The van der Waals surface area contributed by atoms with E-state index >= 15 is 0 Å². The van der Waals surface area contributed by atoms with Crippen molar-refractivity contribution in [1.82, 2.24) is 19.8 Å². The molecule has 0 N–H and O–H groups in total. The first kappa shape index (κ1) is 19.2. The zero-order valence-electron chi connectivity index (χ0n) is 17.4. The Kier molecular flexibility index (Phi) is 5.78. The number of nitrogens with zero attached hydrogens (tertiary/aromatic N) is 6. The van der Waals surface area contributed by atoms with Gasteiger partial charge in [-0.3, -0.25) is 4.90 Å². The van der Waals surface area contributed by atoms with Gasteiger partial charge in [0, 0.05) is 83.8 Å². The summed E-state index contributed by atoms with van der Waals surface area (Å²) in [6, 6.07) is 8.86. The number of hydrogen-bond acceptors (Lipinski definition) is 6. The van der Waals surface area contributed by atoms with Crippen LogP contribution >= 0.6 is 0 Å². The molecule has 3 heterocycles. The molecule has 0 saturated carbocycles. The lowest BCUT2D eigenvalue weighted by molar-refractivity contribution is 0.242. The van der Waals surface area contributed by atoms with E-state index in [1.807, 2.05) is 0 Å². The van der Waals surface area contributed by atoms with E-state index < -0.39 is 0 Å². The molecular weight excluding hydrogens is 348 g/mol. The summed E-state index contributed by atoms with van der Waals surface area (Å²) < 4.78 is 0. The van der Waals surface area contributed by atoms with Crippen LogP contribution in [0, 0.1) is 0 Å². The van der Waals surface area contributed by atoms with Crippen LogP contribution in [0.15, 0.2) is 30.5 Å². The molecule has 0 aliphatic carbocycles. The van der Waals surface area contributed by atoms with Gasteiger partial charge in [0.05, 0.1) is 5.69 Å². The standard InChI is InChI=1S/C22H32N6/c1-4-26-11-13-28(14-12-26)22-23-15-19-17-27(10-9-21(19)24-22)16-18-5-7-20(8-6-18)25(2)3/h5-8,15H,4,9-14,16-17H2,1-3H3. The highest BCUT2D eigenvalue weighted by Crippen LogP contribution is 2.22. The fourth-order valence-corrected chi connectivity index (χ4v) is 4.07. The largest absolute Gasteiger partial charge is 0.378 e. The molecule has 6 heteroatoms. The Morgan fingerprint density at radius 3 is 2.39 bits per heavy atom. The molecule has 4 rings (SSSR count). The molecule has 1 fully saturated rings. The molecule has 150 valence electrons. The third kappa shape index (κ3) is 4.28. The van der Waals surface area contributed by atoms with Crippen LogP contribution in [0.4, 0.5) is 11.6 Å². The smallest absolute Gasteiger partial charge is 0.225 e. The van der Waals surface area contributed by atoms with Crippen molar-refractivity contribution < 1.29 is 0 Å². The molecule has 6 nitrogen and oxygen atoms in total. The van der Waals surface area contributed by atoms with E-state index in [-0.39, 0.29) is 0 Å². The van der Waals surface area contributed by atoms with Gasteiger partial charge >= 0.3 is 0 Å². The molecule has 0 bridgehead atoms. The second-order valence-electron chi connectivity index (χ2n) is 8.08. The van der Waals surface area contributed by atoms with Crippen molar-refractivity contribution in [2.45, 2.75) is 26.4 Å². The molecule has 1 aromatic carbocycles. The summed E-state index contributed by atoms with van der Waals surface area (Å²) in [5, 5.41) is 0. The second-order valence-corrected chi connectivity index (χ2v) is 8.08. The van der Waals surface area contributed by atoms with Crippen LogP contribution in [-0.4, -0.2) is 73.1 Å². The normalized spacial score (nSPS) is 18.2. The van der Waals surface area contributed by atoms with E-state index in [0.717, 1.165) is 64.7 Å². The molecule has 0 radical (unpaired) electrons. The SMILES string of the molecule is CCN1CCN(c2ncc3c(n2)CCN(Cc2ccc(N(C)C)cc2)C3)CC1. The molecule has 2 aliphatic heterocycles. The topological polar surface area (TPSA) is 38.7 Å². The van der Waals surface area contributed by atoms with Crippen LogP contribution < -0.4 is 9.80 Å². The van der Waals surface area contributed by atoms with Crippen molar-refractivity contribution in [1.29, 1.82) is 0 Å². The average Bonchev–Trinajstić information content (AvgIpc) is 2.74. The lowest BCUT2D eigenvalue weighted by atomic mass is 10.1. The maximum absolute atomic E-state index is 4.92. The molecule has 28 heavy (non-hydrogen) atoms. The average molecular weight is 381 g/mol. The first-order valence-corrected chi connectivity index (χ1v) is 10.4. The van der Waals surface area contributed by atoms with Gasteiger partial charge in [-0.05, 0) is 24.2 Å². The zero-order chi connectivity index (χ0) is 19.5. The zero-order valence-corrected chi connectivity index (χ0v) is 17.4. The third-order valence-corrected chi connectivity index (χ3v) is 5.96. The van der Waals surface area contributed by atoms with Crippen LogP contribution in [-0.2, 0) is 19.5 Å². The van der Waals surface area contributed by atoms with Crippen LogP contribution in [0.1, 0.15) is 23.7 Å². The van der Waals surface area contributed by atoms with Gasteiger partial charge in [-0.1, -0.05) is 19.1 Å². The van der Waals surface area contributed by atoms with Gasteiger partial charge in [-0.15, -0.1) is 0 Å². The Morgan fingerprint density at radius 1 is 0.964 bits per heavy atom. The van der Waals surface area contributed by atoms with Crippen molar-refractivity contribution in [3.63, 3.8) is 0 Å². The van der Waals surface area contributed by atoms with Crippen molar-refractivity contribution in [3.8, 4) is 0 Å². The number of likely N-dealkylation sites (N-methyl/N-ethyl adjacent to an activating group) is 1. The highest BCUT2D eigenvalue weighted by atomic mass is 15.3. The fourth-order valence-electron chi connectivity index (χ4n) is 4.07. The van der Waals surface area contributed by atoms with E-state index in [4.69, 9.17) is 9.97 Å². The minimum Gasteiger partial charge on any atom is -0.378 e. The Balaban J connectivity index is 1.38. The molecule has 0 spiro atoms. The van der Waals surface area contributed by atoms with Gasteiger partial charge in [-0.25, -0.2) is 9.97 Å². The Hall–Kier alpha value is -2.18. The molecule has 1 saturated heterocycles. The quantitative estimate of drug-likeness (QED) is 0.792. The first-order chi connectivity index (χ1) is 13.6. The summed E-state index contributed by atoms with van der Waals surface area (Å²) in [6.07, 6.45) is 3.07. The van der Waals surface area contributed by atoms with Crippen LogP contribution in [0.2, 0.25) is 0 Å². The summed E-state index contributed by atoms with van der Waals surface area (Å²) >= 11 is 0. The molecular formula is C22H32N6.